The molecular weight excluding hydrogens is 432 g/mol. The van der Waals surface area contributed by atoms with Crippen molar-refractivity contribution in [1.29, 1.82) is 0 Å². The average molecular weight is 467 g/mol. The van der Waals surface area contributed by atoms with Crippen LogP contribution in [0.5, 0.6) is 0 Å². The van der Waals surface area contributed by atoms with Crippen molar-refractivity contribution in [2.45, 2.75) is 56.7 Å². The molecule has 176 valence electrons. The van der Waals surface area contributed by atoms with E-state index in [2.05, 4.69) is 64.2 Å². The summed E-state index contributed by atoms with van der Waals surface area (Å²) in [5.41, 5.74) is 3.18. The normalized spacial score (nSPS) is 22.4. The lowest BCUT2D eigenvalue weighted by Crippen LogP contribution is -2.41. The molecule has 2 aromatic heterocycles. The molecule has 0 radical (unpaired) electrons. The highest BCUT2D eigenvalue weighted by atomic mass is 32.1. The maximum Gasteiger partial charge on any atom is 0.229 e. The van der Waals surface area contributed by atoms with Gasteiger partial charge in [-0.05, 0) is 94.4 Å². The number of hydrogen-bond donors (Lipinski definition) is 3. The largest absolute Gasteiger partial charge is 0.393 e. The van der Waals surface area contributed by atoms with E-state index in [4.69, 9.17) is 9.97 Å². The quantitative estimate of drug-likeness (QED) is 0.487. The lowest BCUT2D eigenvalue weighted by Gasteiger charge is -2.36. The fourth-order valence-corrected chi connectivity index (χ4v) is 5.72. The number of likely N-dealkylation sites (tertiary alicyclic amines) is 1. The Kier molecular flexibility index (Phi) is 6.66. The minimum absolute atomic E-state index is 0.158. The second-order valence-electron chi connectivity index (χ2n) is 9.50. The second kappa shape index (κ2) is 9.83. The molecule has 0 atom stereocenters. The maximum absolute atomic E-state index is 9.81. The van der Waals surface area contributed by atoms with Gasteiger partial charge in [-0.1, -0.05) is 0 Å². The fourth-order valence-electron chi connectivity index (χ4n) is 4.93. The molecule has 2 fully saturated rings. The molecular formula is C25H34N6OS. The lowest BCUT2D eigenvalue weighted by atomic mass is 9.93. The Morgan fingerprint density at radius 2 is 1.73 bits per heavy atom. The van der Waals surface area contributed by atoms with Gasteiger partial charge >= 0.3 is 0 Å². The van der Waals surface area contributed by atoms with Crippen molar-refractivity contribution in [3.63, 3.8) is 0 Å². The van der Waals surface area contributed by atoms with Crippen LogP contribution < -0.4 is 15.5 Å². The number of thiophene rings is 1. The van der Waals surface area contributed by atoms with Gasteiger partial charge in [0.05, 0.1) is 16.3 Å². The minimum Gasteiger partial charge on any atom is -0.393 e. The molecule has 3 aromatic rings. The van der Waals surface area contributed by atoms with Gasteiger partial charge in [-0.3, -0.25) is 0 Å². The van der Waals surface area contributed by atoms with Crippen molar-refractivity contribution in [1.82, 2.24) is 14.9 Å². The first kappa shape index (κ1) is 22.4. The van der Waals surface area contributed by atoms with Crippen LogP contribution in [0.15, 0.2) is 35.7 Å². The summed E-state index contributed by atoms with van der Waals surface area (Å²) in [6.45, 7) is 2.32. The van der Waals surface area contributed by atoms with Gasteiger partial charge < -0.3 is 25.5 Å². The zero-order valence-electron chi connectivity index (χ0n) is 19.5. The molecule has 0 unspecified atom stereocenters. The van der Waals surface area contributed by atoms with Crippen molar-refractivity contribution >= 4 is 44.7 Å². The standard InChI is InChI=1S/C25H34N6OS/c1-30-14-11-20(12-15-30)31(2)19-7-3-18(4-8-19)27-25-28-22-13-16-33-23(22)24(29-25)26-17-5-9-21(32)10-6-17/h3-4,7-8,13,16-17,20-21,32H,5-6,9-12,14-15H2,1-2H3,(H2,26,27,28,29)/t17-,21-. The lowest BCUT2D eigenvalue weighted by molar-refractivity contribution is 0.126. The topological polar surface area (TPSA) is 76.5 Å². The van der Waals surface area contributed by atoms with Gasteiger partial charge in [0.1, 0.15) is 5.82 Å². The van der Waals surface area contributed by atoms with Crippen LogP contribution in [0.1, 0.15) is 38.5 Å². The summed E-state index contributed by atoms with van der Waals surface area (Å²) in [5.74, 6) is 1.49. The van der Waals surface area contributed by atoms with Crippen LogP contribution in [0.3, 0.4) is 0 Å². The Hall–Kier alpha value is -2.42. The fraction of sp³-hybridized carbons (Fsp3) is 0.520. The molecule has 33 heavy (non-hydrogen) atoms. The van der Waals surface area contributed by atoms with Crippen LogP contribution in [-0.4, -0.2) is 65.3 Å². The highest BCUT2D eigenvalue weighted by Gasteiger charge is 2.22. The summed E-state index contributed by atoms with van der Waals surface area (Å²) in [4.78, 5) is 14.4. The van der Waals surface area contributed by atoms with Crippen molar-refractivity contribution < 1.29 is 5.11 Å². The zero-order valence-corrected chi connectivity index (χ0v) is 20.3. The molecule has 0 amide bonds. The van der Waals surface area contributed by atoms with E-state index in [1.165, 1.54) is 18.5 Å². The molecule has 3 N–H and O–H groups in total. The van der Waals surface area contributed by atoms with Crippen LogP contribution in [0.4, 0.5) is 23.1 Å². The van der Waals surface area contributed by atoms with Crippen LogP contribution in [0, 0.1) is 0 Å². The number of aliphatic hydroxyl groups excluding tert-OH is 1. The van der Waals surface area contributed by atoms with E-state index >= 15 is 0 Å². The van der Waals surface area contributed by atoms with Gasteiger partial charge in [0.25, 0.3) is 0 Å². The predicted octanol–water partition coefficient (Wildman–Crippen LogP) is 4.68. The van der Waals surface area contributed by atoms with Gasteiger partial charge in [0.2, 0.25) is 5.95 Å². The van der Waals surface area contributed by atoms with E-state index in [1.54, 1.807) is 11.3 Å². The highest BCUT2D eigenvalue weighted by Crippen LogP contribution is 2.31. The van der Waals surface area contributed by atoms with E-state index < -0.39 is 0 Å². The van der Waals surface area contributed by atoms with Crippen LogP contribution in [-0.2, 0) is 0 Å². The van der Waals surface area contributed by atoms with Crippen LogP contribution >= 0.6 is 11.3 Å². The van der Waals surface area contributed by atoms with E-state index in [0.717, 1.165) is 60.5 Å². The number of nitrogens with zero attached hydrogens (tertiary/aromatic N) is 4. The summed E-state index contributed by atoms with van der Waals surface area (Å²) in [7, 11) is 4.40. The smallest absolute Gasteiger partial charge is 0.229 e. The number of piperidine rings is 1. The van der Waals surface area contributed by atoms with Gasteiger partial charge in [-0.15, -0.1) is 11.3 Å². The van der Waals surface area contributed by atoms with Crippen LogP contribution in [0.2, 0.25) is 0 Å². The first-order valence-corrected chi connectivity index (χ1v) is 12.9. The molecule has 1 saturated carbocycles. The third-order valence-electron chi connectivity index (χ3n) is 7.11. The van der Waals surface area contributed by atoms with Gasteiger partial charge in [-0.25, -0.2) is 4.98 Å². The summed E-state index contributed by atoms with van der Waals surface area (Å²) in [5, 5.41) is 18.9. The Balaban J connectivity index is 1.29. The maximum atomic E-state index is 9.81. The summed E-state index contributed by atoms with van der Waals surface area (Å²) >= 11 is 1.66. The third kappa shape index (κ3) is 5.23. The minimum atomic E-state index is -0.158. The Morgan fingerprint density at radius 1 is 1.00 bits per heavy atom. The van der Waals surface area contributed by atoms with E-state index in [0.29, 0.717) is 18.0 Å². The van der Waals surface area contributed by atoms with Crippen LogP contribution in [0.25, 0.3) is 10.2 Å². The second-order valence-corrected chi connectivity index (χ2v) is 10.4. The number of anilines is 4. The molecule has 7 nitrogen and oxygen atoms in total. The van der Waals surface area contributed by atoms with Gasteiger partial charge in [0.15, 0.2) is 0 Å². The van der Waals surface area contributed by atoms with Crippen molar-refractivity contribution in [3.8, 4) is 0 Å². The number of nitrogens with one attached hydrogen (secondary N) is 2. The van der Waals surface area contributed by atoms with Gasteiger partial charge in [-0.2, -0.15) is 4.98 Å². The third-order valence-corrected chi connectivity index (χ3v) is 8.02. The number of fused-ring (bicyclic) bond motifs is 1. The molecule has 1 aliphatic heterocycles. The highest BCUT2D eigenvalue weighted by molar-refractivity contribution is 7.17. The monoisotopic (exact) mass is 466 g/mol. The molecule has 1 aromatic carbocycles. The summed E-state index contributed by atoms with van der Waals surface area (Å²) in [6, 6.07) is 11.6. The first-order valence-electron chi connectivity index (χ1n) is 12.0. The molecule has 2 aliphatic rings. The molecule has 8 heteroatoms. The number of aromatic nitrogens is 2. The van der Waals surface area contributed by atoms with Crippen molar-refractivity contribution in [2.24, 2.45) is 0 Å². The number of benzene rings is 1. The molecule has 1 aliphatic carbocycles. The zero-order chi connectivity index (χ0) is 22.8. The first-order chi connectivity index (χ1) is 16.0. The molecule has 0 spiro atoms. The van der Waals surface area contributed by atoms with Crippen molar-refractivity contribution in [2.75, 3.05) is 42.7 Å². The van der Waals surface area contributed by atoms with E-state index in [-0.39, 0.29) is 6.10 Å². The number of aliphatic hydroxyl groups is 1. The summed E-state index contributed by atoms with van der Waals surface area (Å²) in [6.07, 6.45) is 5.88. The molecule has 3 heterocycles. The van der Waals surface area contributed by atoms with E-state index in [9.17, 15) is 5.11 Å². The molecule has 0 bridgehead atoms. The summed E-state index contributed by atoms with van der Waals surface area (Å²) < 4.78 is 1.08. The Labute approximate surface area is 199 Å². The Bertz CT molecular complexity index is 1050. The Morgan fingerprint density at radius 3 is 2.45 bits per heavy atom. The number of rotatable bonds is 6. The van der Waals surface area contributed by atoms with Crippen molar-refractivity contribution in [3.05, 3.63) is 35.7 Å². The average Bonchev–Trinajstić information content (AvgIpc) is 3.30. The molecule has 1 saturated heterocycles. The van der Waals surface area contributed by atoms with E-state index in [1.807, 2.05) is 6.07 Å². The van der Waals surface area contributed by atoms with Gasteiger partial charge in [0, 0.05) is 30.5 Å². The number of hydrogen-bond acceptors (Lipinski definition) is 8. The predicted molar refractivity (Wildman–Crippen MR) is 138 cm³/mol. The SMILES string of the molecule is CN1CCC(N(C)c2ccc(Nc3nc(N[C@H]4CC[C@H](O)CC4)c4sccc4n3)cc2)CC1. The molecule has 5 rings (SSSR count).